The molecule has 0 radical (unpaired) electrons. The number of rotatable bonds is 8. The molecule has 0 aliphatic heterocycles. The van der Waals surface area contributed by atoms with Crippen LogP contribution in [0.15, 0.2) is 77.9 Å². The van der Waals surface area contributed by atoms with Crippen molar-refractivity contribution in [3.63, 3.8) is 0 Å². The van der Waals surface area contributed by atoms with Crippen LogP contribution in [0.5, 0.6) is 11.5 Å². The summed E-state index contributed by atoms with van der Waals surface area (Å²) in [4.78, 5) is 0. The van der Waals surface area contributed by atoms with Gasteiger partial charge < -0.3 is 14.8 Å². The molecular formula is C24H25N3O2S. The topological polar surface area (TPSA) is 54.9 Å². The normalized spacial score (nSPS) is 10.6. The first-order valence-corrected chi connectivity index (χ1v) is 10.1. The Morgan fingerprint density at radius 3 is 2.47 bits per heavy atom. The van der Waals surface area contributed by atoms with Gasteiger partial charge in [-0.2, -0.15) is 5.10 Å². The van der Waals surface area contributed by atoms with Gasteiger partial charge >= 0.3 is 0 Å². The van der Waals surface area contributed by atoms with Gasteiger partial charge in [0.1, 0.15) is 6.61 Å². The smallest absolute Gasteiger partial charge is 0.191 e. The van der Waals surface area contributed by atoms with Gasteiger partial charge in [0.25, 0.3) is 0 Å². The summed E-state index contributed by atoms with van der Waals surface area (Å²) >= 11 is 5.25. The third-order valence-electron chi connectivity index (χ3n) is 4.19. The highest BCUT2D eigenvalue weighted by atomic mass is 32.1. The molecule has 154 valence electrons. The summed E-state index contributed by atoms with van der Waals surface area (Å²) in [6.45, 7) is 5.04. The van der Waals surface area contributed by atoms with E-state index in [0.717, 1.165) is 16.8 Å². The Bertz CT molecular complexity index is 989. The molecule has 0 aliphatic carbocycles. The molecule has 30 heavy (non-hydrogen) atoms. The molecule has 3 rings (SSSR count). The first-order chi connectivity index (χ1) is 14.6. The Morgan fingerprint density at radius 1 is 0.967 bits per heavy atom. The average Bonchev–Trinajstić information content (AvgIpc) is 2.75. The van der Waals surface area contributed by atoms with Gasteiger partial charge in [0.05, 0.1) is 12.8 Å². The van der Waals surface area contributed by atoms with Gasteiger partial charge in [-0.1, -0.05) is 48.0 Å². The number of hydrogen-bond acceptors (Lipinski definition) is 4. The zero-order valence-electron chi connectivity index (χ0n) is 17.1. The van der Waals surface area contributed by atoms with E-state index in [9.17, 15) is 0 Å². The maximum Gasteiger partial charge on any atom is 0.191 e. The first kappa shape index (κ1) is 21.3. The van der Waals surface area contributed by atoms with Crippen molar-refractivity contribution in [3.8, 4) is 11.5 Å². The Labute approximate surface area is 182 Å². The fourth-order valence-electron chi connectivity index (χ4n) is 2.68. The van der Waals surface area contributed by atoms with Crippen LogP contribution in [0.3, 0.4) is 0 Å². The molecular weight excluding hydrogens is 394 g/mol. The molecule has 0 spiro atoms. The fraction of sp³-hybridized carbons (Fsp3) is 0.167. The highest BCUT2D eigenvalue weighted by Gasteiger charge is 2.07. The Morgan fingerprint density at radius 2 is 1.73 bits per heavy atom. The quantitative estimate of drug-likeness (QED) is 0.295. The molecule has 0 amide bonds. The summed E-state index contributed by atoms with van der Waals surface area (Å²) < 4.78 is 11.7. The summed E-state index contributed by atoms with van der Waals surface area (Å²) in [6.07, 6.45) is 1.69. The van der Waals surface area contributed by atoms with Crippen LogP contribution in [0.4, 0.5) is 5.69 Å². The van der Waals surface area contributed by atoms with Gasteiger partial charge in [0.15, 0.2) is 16.6 Å². The average molecular weight is 420 g/mol. The van der Waals surface area contributed by atoms with Crippen molar-refractivity contribution in [2.24, 2.45) is 5.10 Å². The van der Waals surface area contributed by atoms with E-state index in [2.05, 4.69) is 47.0 Å². The van der Waals surface area contributed by atoms with Crippen molar-refractivity contribution in [1.29, 1.82) is 0 Å². The molecule has 0 aromatic heterocycles. The van der Waals surface area contributed by atoms with E-state index >= 15 is 0 Å². The summed E-state index contributed by atoms with van der Waals surface area (Å²) in [5, 5.41) is 7.68. The van der Waals surface area contributed by atoms with Crippen LogP contribution in [0, 0.1) is 6.92 Å². The Hall–Kier alpha value is -3.38. The van der Waals surface area contributed by atoms with Crippen LogP contribution in [0.2, 0.25) is 0 Å². The molecule has 0 heterocycles. The molecule has 0 unspecified atom stereocenters. The lowest BCUT2D eigenvalue weighted by Gasteiger charge is -2.13. The molecule has 0 saturated carbocycles. The van der Waals surface area contributed by atoms with Crippen LogP contribution in [-0.4, -0.2) is 17.9 Å². The van der Waals surface area contributed by atoms with Gasteiger partial charge in [-0.25, -0.2) is 0 Å². The molecule has 0 atom stereocenters. The first-order valence-electron chi connectivity index (χ1n) is 9.74. The maximum atomic E-state index is 5.96. The number of para-hydroxylation sites is 1. The molecule has 2 N–H and O–H groups in total. The third kappa shape index (κ3) is 6.60. The predicted molar refractivity (Wildman–Crippen MR) is 127 cm³/mol. The van der Waals surface area contributed by atoms with Crippen LogP contribution >= 0.6 is 12.2 Å². The van der Waals surface area contributed by atoms with Crippen LogP contribution in [0.1, 0.15) is 23.6 Å². The number of hydrogen-bond donors (Lipinski definition) is 2. The van der Waals surface area contributed by atoms with Crippen molar-refractivity contribution in [2.45, 2.75) is 20.5 Å². The molecule has 0 bridgehead atoms. The van der Waals surface area contributed by atoms with Gasteiger partial charge in [-0.3, -0.25) is 5.43 Å². The van der Waals surface area contributed by atoms with Gasteiger partial charge in [-0.15, -0.1) is 0 Å². The van der Waals surface area contributed by atoms with Crippen LogP contribution in [-0.2, 0) is 6.61 Å². The number of thiocarbonyl (C=S) groups is 1. The summed E-state index contributed by atoms with van der Waals surface area (Å²) in [6, 6.07) is 23.7. The zero-order valence-corrected chi connectivity index (χ0v) is 17.9. The summed E-state index contributed by atoms with van der Waals surface area (Å²) in [5.74, 6) is 1.38. The lowest BCUT2D eigenvalue weighted by atomic mass is 10.2. The molecule has 5 nitrogen and oxygen atoms in total. The summed E-state index contributed by atoms with van der Waals surface area (Å²) in [7, 11) is 0. The molecule has 6 heteroatoms. The van der Waals surface area contributed by atoms with Gasteiger partial charge in [0.2, 0.25) is 0 Å². The van der Waals surface area contributed by atoms with Crippen molar-refractivity contribution in [3.05, 3.63) is 89.5 Å². The van der Waals surface area contributed by atoms with E-state index in [1.54, 1.807) is 6.21 Å². The lowest BCUT2D eigenvalue weighted by molar-refractivity contribution is 0.269. The fourth-order valence-corrected chi connectivity index (χ4v) is 2.85. The number of aryl methyl sites for hydroxylation is 1. The monoisotopic (exact) mass is 419 g/mol. The predicted octanol–water partition coefficient (Wildman–Crippen LogP) is 5.29. The molecule has 0 fully saturated rings. The van der Waals surface area contributed by atoms with Crippen molar-refractivity contribution < 1.29 is 9.47 Å². The van der Waals surface area contributed by atoms with E-state index in [4.69, 9.17) is 21.7 Å². The van der Waals surface area contributed by atoms with Gasteiger partial charge in [0, 0.05) is 5.69 Å². The van der Waals surface area contributed by atoms with Crippen molar-refractivity contribution in [2.75, 3.05) is 11.9 Å². The van der Waals surface area contributed by atoms with E-state index in [0.29, 0.717) is 29.8 Å². The Kier molecular flexibility index (Phi) is 7.80. The lowest BCUT2D eigenvalue weighted by Crippen LogP contribution is -2.23. The van der Waals surface area contributed by atoms with E-state index < -0.39 is 0 Å². The number of nitrogens with zero attached hydrogens (tertiary/aromatic N) is 1. The highest BCUT2D eigenvalue weighted by molar-refractivity contribution is 7.80. The SMILES string of the molecule is CCOc1cc(/C=N\NC(=S)Nc2ccccc2)ccc1OCc1ccc(C)cc1. The second-order valence-electron chi connectivity index (χ2n) is 6.60. The van der Waals surface area contributed by atoms with Crippen molar-refractivity contribution >= 4 is 29.2 Å². The number of hydrazone groups is 1. The summed E-state index contributed by atoms with van der Waals surface area (Å²) in [5.41, 5.74) is 6.92. The van der Waals surface area contributed by atoms with E-state index in [1.165, 1.54) is 5.56 Å². The molecule has 0 saturated heterocycles. The number of benzene rings is 3. The van der Waals surface area contributed by atoms with Crippen LogP contribution < -0.4 is 20.2 Å². The zero-order chi connectivity index (χ0) is 21.2. The maximum absolute atomic E-state index is 5.96. The highest BCUT2D eigenvalue weighted by Crippen LogP contribution is 2.29. The Balaban J connectivity index is 1.60. The number of nitrogens with one attached hydrogen (secondary N) is 2. The molecule has 3 aromatic carbocycles. The van der Waals surface area contributed by atoms with Gasteiger partial charge in [-0.05, 0) is 67.5 Å². The van der Waals surface area contributed by atoms with E-state index in [1.807, 2.05) is 55.5 Å². The second kappa shape index (κ2) is 11.0. The standard InChI is InChI=1S/C24H25N3O2S/c1-3-28-23-15-20(16-25-27-24(30)26-21-7-5-4-6-8-21)13-14-22(23)29-17-19-11-9-18(2)10-12-19/h4-16H,3,17H2,1-2H3,(H2,26,27,30)/b25-16-. The second-order valence-corrected chi connectivity index (χ2v) is 7.01. The molecule has 3 aromatic rings. The number of ether oxygens (including phenoxy) is 2. The minimum Gasteiger partial charge on any atom is -0.490 e. The van der Waals surface area contributed by atoms with Crippen molar-refractivity contribution in [1.82, 2.24) is 5.43 Å². The number of anilines is 1. The van der Waals surface area contributed by atoms with Crippen LogP contribution in [0.25, 0.3) is 0 Å². The van der Waals surface area contributed by atoms with E-state index in [-0.39, 0.29) is 0 Å². The molecule has 0 aliphatic rings. The largest absolute Gasteiger partial charge is 0.490 e. The third-order valence-corrected chi connectivity index (χ3v) is 4.39. The minimum atomic E-state index is 0.417. The minimum absolute atomic E-state index is 0.417.